The molecule has 0 saturated carbocycles. The van der Waals surface area contributed by atoms with Crippen LogP contribution in [0.4, 0.5) is 0 Å². The fourth-order valence-electron chi connectivity index (χ4n) is 2.99. The van der Waals surface area contributed by atoms with Crippen LogP contribution in [0.25, 0.3) is 0 Å². The van der Waals surface area contributed by atoms with Crippen LogP contribution >= 0.6 is 0 Å². The molecule has 24 heavy (non-hydrogen) atoms. The molecule has 1 saturated heterocycles. The molecule has 3 heterocycles. The minimum atomic E-state index is -3.15. The zero-order valence-electron chi connectivity index (χ0n) is 13.8. The first kappa shape index (κ1) is 16.8. The third-order valence-electron chi connectivity index (χ3n) is 4.24. The molecule has 1 aliphatic heterocycles. The molecule has 0 N–H and O–H groups in total. The van der Waals surface area contributed by atoms with Crippen LogP contribution < -0.4 is 0 Å². The molecule has 7 nitrogen and oxygen atoms in total. The Morgan fingerprint density at radius 3 is 2.83 bits per heavy atom. The van der Waals surface area contributed by atoms with E-state index in [4.69, 9.17) is 4.42 Å². The predicted molar refractivity (Wildman–Crippen MR) is 88.1 cm³/mol. The molecule has 2 aromatic rings. The number of carbonyl (C=O) groups excluding carboxylic acids is 1. The number of nitrogens with zero attached hydrogens (tertiary/aromatic N) is 3. The molecule has 2 aromatic heterocycles. The SMILES string of the molecule is Cc1ccc(CCC(=O)N2CCS(=O)(=O)C[C@@H]2c2cnn(C)c2)o1. The van der Waals surface area contributed by atoms with Crippen molar-refractivity contribution in [1.82, 2.24) is 14.7 Å². The summed E-state index contributed by atoms with van der Waals surface area (Å²) in [5.74, 6) is 1.48. The van der Waals surface area contributed by atoms with Gasteiger partial charge in [0.2, 0.25) is 5.91 Å². The summed E-state index contributed by atoms with van der Waals surface area (Å²) in [6.07, 6.45) is 4.20. The quantitative estimate of drug-likeness (QED) is 0.828. The van der Waals surface area contributed by atoms with E-state index in [9.17, 15) is 13.2 Å². The van der Waals surface area contributed by atoms with E-state index in [1.54, 1.807) is 29.0 Å². The Labute approximate surface area is 141 Å². The van der Waals surface area contributed by atoms with Gasteiger partial charge in [-0.1, -0.05) is 0 Å². The smallest absolute Gasteiger partial charge is 0.223 e. The number of aromatic nitrogens is 2. The summed E-state index contributed by atoms with van der Waals surface area (Å²) < 4.78 is 31.1. The van der Waals surface area contributed by atoms with Gasteiger partial charge in [0.1, 0.15) is 11.5 Å². The number of hydrogen-bond acceptors (Lipinski definition) is 5. The fraction of sp³-hybridized carbons (Fsp3) is 0.500. The molecule has 0 aromatic carbocycles. The molecule has 0 aliphatic carbocycles. The molecular formula is C16H21N3O4S. The fourth-order valence-corrected chi connectivity index (χ4v) is 4.48. The first-order valence-corrected chi connectivity index (χ1v) is 9.70. The summed E-state index contributed by atoms with van der Waals surface area (Å²) in [6.45, 7) is 2.08. The summed E-state index contributed by atoms with van der Waals surface area (Å²) in [5.41, 5.74) is 0.753. The molecule has 1 amide bonds. The van der Waals surface area contributed by atoms with Gasteiger partial charge in [0.15, 0.2) is 9.84 Å². The van der Waals surface area contributed by atoms with Crippen molar-refractivity contribution >= 4 is 15.7 Å². The third kappa shape index (κ3) is 3.69. The Balaban J connectivity index is 1.74. The maximum absolute atomic E-state index is 12.6. The number of carbonyl (C=O) groups is 1. The van der Waals surface area contributed by atoms with E-state index in [1.807, 2.05) is 19.1 Å². The molecule has 0 radical (unpaired) electrons. The molecule has 0 spiro atoms. The van der Waals surface area contributed by atoms with Crippen molar-refractivity contribution in [1.29, 1.82) is 0 Å². The van der Waals surface area contributed by atoms with Gasteiger partial charge < -0.3 is 9.32 Å². The lowest BCUT2D eigenvalue weighted by Gasteiger charge is -2.35. The highest BCUT2D eigenvalue weighted by Crippen LogP contribution is 2.27. The number of sulfone groups is 1. The zero-order valence-corrected chi connectivity index (χ0v) is 14.6. The summed E-state index contributed by atoms with van der Waals surface area (Å²) >= 11 is 0. The van der Waals surface area contributed by atoms with Crippen LogP contribution in [0.2, 0.25) is 0 Å². The first-order valence-electron chi connectivity index (χ1n) is 7.88. The summed E-state index contributed by atoms with van der Waals surface area (Å²) in [7, 11) is -1.38. The number of aryl methyl sites for hydroxylation is 3. The second-order valence-electron chi connectivity index (χ2n) is 6.18. The molecule has 0 bridgehead atoms. The van der Waals surface area contributed by atoms with Crippen molar-refractivity contribution in [3.8, 4) is 0 Å². The minimum absolute atomic E-state index is 0.00929. The highest BCUT2D eigenvalue weighted by atomic mass is 32.2. The predicted octanol–water partition coefficient (Wildman–Crippen LogP) is 1.25. The van der Waals surface area contributed by atoms with Gasteiger partial charge in [0.05, 0.1) is 23.7 Å². The van der Waals surface area contributed by atoms with Crippen LogP contribution in [0.15, 0.2) is 28.9 Å². The Morgan fingerprint density at radius 1 is 1.42 bits per heavy atom. The Hall–Kier alpha value is -2.09. The molecule has 3 rings (SSSR count). The lowest BCUT2D eigenvalue weighted by atomic mass is 10.1. The normalized spacial score (nSPS) is 20.2. The average Bonchev–Trinajstić information content (AvgIpc) is 3.12. The van der Waals surface area contributed by atoms with Gasteiger partial charge in [-0.25, -0.2) is 8.42 Å². The van der Waals surface area contributed by atoms with Crippen LogP contribution in [0.1, 0.15) is 29.5 Å². The van der Waals surface area contributed by atoms with Crippen LogP contribution in [-0.4, -0.2) is 47.1 Å². The summed E-state index contributed by atoms with van der Waals surface area (Å²) in [6, 6.07) is 3.26. The van der Waals surface area contributed by atoms with E-state index in [0.29, 0.717) is 12.8 Å². The van der Waals surface area contributed by atoms with E-state index < -0.39 is 15.9 Å². The van der Waals surface area contributed by atoms with Gasteiger partial charge in [0.25, 0.3) is 0 Å². The van der Waals surface area contributed by atoms with Gasteiger partial charge in [-0.3, -0.25) is 9.48 Å². The van der Waals surface area contributed by atoms with Crippen molar-refractivity contribution in [3.05, 3.63) is 41.6 Å². The van der Waals surface area contributed by atoms with E-state index in [2.05, 4.69) is 5.10 Å². The Bertz CT molecular complexity index is 837. The number of rotatable bonds is 4. The number of amides is 1. The third-order valence-corrected chi connectivity index (χ3v) is 5.87. The molecule has 130 valence electrons. The van der Waals surface area contributed by atoms with Crippen molar-refractivity contribution < 1.29 is 17.6 Å². The van der Waals surface area contributed by atoms with E-state index >= 15 is 0 Å². The van der Waals surface area contributed by atoms with Crippen molar-refractivity contribution in [2.45, 2.75) is 25.8 Å². The Kier molecular flexibility index (Phi) is 4.49. The molecule has 1 aliphatic rings. The van der Waals surface area contributed by atoms with Crippen LogP contribution in [-0.2, 0) is 28.1 Å². The second kappa shape index (κ2) is 6.43. The topological polar surface area (TPSA) is 85.4 Å². The highest BCUT2D eigenvalue weighted by molar-refractivity contribution is 7.91. The molecule has 1 atom stereocenters. The van der Waals surface area contributed by atoms with Crippen LogP contribution in [0, 0.1) is 6.92 Å². The molecule has 8 heteroatoms. The highest BCUT2D eigenvalue weighted by Gasteiger charge is 2.35. The van der Waals surface area contributed by atoms with Crippen LogP contribution in [0.5, 0.6) is 0 Å². The van der Waals surface area contributed by atoms with Crippen molar-refractivity contribution in [3.63, 3.8) is 0 Å². The van der Waals surface area contributed by atoms with Gasteiger partial charge in [-0.2, -0.15) is 5.10 Å². The maximum Gasteiger partial charge on any atom is 0.223 e. The van der Waals surface area contributed by atoms with E-state index in [-0.39, 0.29) is 24.0 Å². The zero-order chi connectivity index (χ0) is 17.3. The summed E-state index contributed by atoms with van der Waals surface area (Å²) in [5, 5.41) is 4.10. The minimum Gasteiger partial charge on any atom is -0.466 e. The lowest BCUT2D eigenvalue weighted by molar-refractivity contribution is -0.133. The lowest BCUT2D eigenvalue weighted by Crippen LogP contribution is -2.46. The van der Waals surface area contributed by atoms with Crippen LogP contribution in [0.3, 0.4) is 0 Å². The molecular weight excluding hydrogens is 330 g/mol. The maximum atomic E-state index is 12.6. The van der Waals surface area contributed by atoms with Gasteiger partial charge in [-0.15, -0.1) is 0 Å². The summed E-state index contributed by atoms with van der Waals surface area (Å²) in [4.78, 5) is 14.3. The number of hydrogen-bond donors (Lipinski definition) is 0. The monoisotopic (exact) mass is 351 g/mol. The number of furan rings is 1. The van der Waals surface area contributed by atoms with Gasteiger partial charge in [-0.05, 0) is 19.1 Å². The first-order chi connectivity index (χ1) is 11.3. The van der Waals surface area contributed by atoms with Gasteiger partial charge >= 0.3 is 0 Å². The molecule has 0 unspecified atom stereocenters. The van der Waals surface area contributed by atoms with E-state index in [1.165, 1.54) is 0 Å². The molecule has 1 fully saturated rings. The Morgan fingerprint density at radius 2 is 2.21 bits per heavy atom. The largest absolute Gasteiger partial charge is 0.466 e. The average molecular weight is 351 g/mol. The van der Waals surface area contributed by atoms with Crippen molar-refractivity contribution in [2.24, 2.45) is 7.05 Å². The van der Waals surface area contributed by atoms with E-state index in [0.717, 1.165) is 17.1 Å². The van der Waals surface area contributed by atoms with Gasteiger partial charge in [0, 0.05) is 38.2 Å². The standard InChI is InChI=1S/C16H21N3O4S/c1-12-3-4-14(23-12)5-6-16(20)19-7-8-24(21,22)11-15(19)13-9-17-18(2)10-13/h3-4,9-10,15H,5-8,11H2,1-2H3/t15-/m1/s1. The second-order valence-corrected chi connectivity index (χ2v) is 8.41. The van der Waals surface area contributed by atoms with Crippen molar-refractivity contribution in [2.75, 3.05) is 18.1 Å².